The zero-order valence-corrected chi connectivity index (χ0v) is 24.6. The number of aliphatic hydroxyl groups is 1. The third-order valence-corrected chi connectivity index (χ3v) is 11.7. The number of ether oxygens (including phenoxy) is 4. The average Bonchev–Trinajstić information content (AvgIpc) is 3.70. The molecule has 8 nitrogen and oxygen atoms in total. The second-order valence-electron chi connectivity index (χ2n) is 13.3. The number of aliphatic hydroxyl groups excluding tert-OH is 1. The van der Waals surface area contributed by atoms with Crippen LogP contribution >= 0.6 is 0 Å². The van der Waals surface area contributed by atoms with Gasteiger partial charge in [-0.2, -0.15) is 0 Å². The molecule has 2 saturated carbocycles. The highest BCUT2D eigenvalue weighted by Gasteiger charge is 2.78. The van der Waals surface area contributed by atoms with E-state index in [1.54, 1.807) is 32.4 Å². The molecular formula is C32H42O8. The monoisotopic (exact) mass is 554 g/mol. The van der Waals surface area contributed by atoms with Crippen molar-refractivity contribution in [3.05, 3.63) is 47.0 Å². The Kier molecular flexibility index (Phi) is 6.45. The Hall–Kier alpha value is -2.42. The van der Waals surface area contributed by atoms with Crippen LogP contribution in [0.5, 0.6) is 0 Å². The maximum absolute atomic E-state index is 13.2. The summed E-state index contributed by atoms with van der Waals surface area (Å²) in [4.78, 5) is 26.4. The number of carbonyl (C=O) groups excluding carboxylic acids is 2. The molecule has 1 N–H and O–H groups in total. The van der Waals surface area contributed by atoms with E-state index < -0.39 is 34.4 Å². The van der Waals surface area contributed by atoms with Gasteiger partial charge in [-0.3, -0.25) is 4.79 Å². The van der Waals surface area contributed by atoms with E-state index >= 15 is 0 Å². The Morgan fingerprint density at radius 1 is 1.23 bits per heavy atom. The minimum Gasteiger partial charge on any atom is -0.472 e. The van der Waals surface area contributed by atoms with Crippen molar-refractivity contribution in [1.82, 2.24) is 0 Å². The number of allylic oxidation sites excluding steroid dienone is 2. The predicted molar refractivity (Wildman–Crippen MR) is 145 cm³/mol. The summed E-state index contributed by atoms with van der Waals surface area (Å²) in [6.07, 6.45) is 4.37. The van der Waals surface area contributed by atoms with Crippen molar-refractivity contribution in [1.29, 1.82) is 0 Å². The average molecular weight is 555 g/mol. The summed E-state index contributed by atoms with van der Waals surface area (Å²) in [5.41, 5.74) is 2.24. The van der Waals surface area contributed by atoms with Crippen molar-refractivity contribution in [2.45, 2.75) is 97.2 Å². The van der Waals surface area contributed by atoms with Gasteiger partial charge in [-0.25, -0.2) is 4.79 Å². The summed E-state index contributed by atoms with van der Waals surface area (Å²) in [5, 5.41) is 11.5. The summed E-state index contributed by atoms with van der Waals surface area (Å²) in [6, 6.07) is 2.01. The van der Waals surface area contributed by atoms with Crippen LogP contribution < -0.4 is 0 Å². The summed E-state index contributed by atoms with van der Waals surface area (Å²) in [5.74, 6) is -1.02. The Labute approximate surface area is 236 Å². The van der Waals surface area contributed by atoms with Gasteiger partial charge in [-0.15, -0.1) is 0 Å². The van der Waals surface area contributed by atoms with E-state index in [0.717, 1.165) is 12.0 Å². The fourth-order valence-corrected chi connectivity index (χ4v) is 9.66. The van der Waals surface area contributed by atoms with Crippen molar-refractivity contribution >= 4 is 11.9 Å². The minimum atomic E-state index is -0.727. The Balaban J connectivity index is 1.54. The Bertz CT molecular complexity index is 1260. The lowest BCUT2D eigenvalue weighted by Crippen LogP contribution is -2.70. The van der Waals surface area contributed by atoms with Gasteiger partial charge in [-0.05, 0) is 50.3 Å². The summed E-state index contributed by atoms with van der Waals surface area (Å²) < 4.78 is 30.5. The van der Waals surface area contributed by atoms with Crippen LogP contribution in [-0.2, 0) is 28.5 Å². The lowest BCUT2D eigenvalue weighted by atomic mass is 9.40. The van der Waals surface area contributed by atoms with Gasteiger partial charge >= 0.3 is 11.9 Å². The molecule has 6 rings (SSSR count). The largest absolute Gasteiger partial charge is 0.472 e. The molecule has 40 heavy (non-hydrogen) atoms. The first kappa shape index (κ1) is 27.7. The zero-order valence-electron chi connectivity index (χ0n) is 24.6. The van der Waals surface area contributed by atoms with Gasteiger partial charge < -0.3 is 28.5 Å². The molecule has 218 valence electrons. The van der Waals surface area contributed by atoms with E-state index in [9.17, 15) is 14.7 Å². The number of esters is 2. The minimum absolute atomic E-state index is 0.120. The number of carbonyl (C=O) groups is 2. The third kappa shape index (κ3) is 3.48. The molecular weight excluding hydrogens is 512 g/mol. The van der Waals surface area contributed by atoms with Crippen LogP contribution in [0.2, 0.25) is 0 Å². The molecule has 0 aromatic carbocycles. The number of hydrogen-bond donors (Lipinski definition) is 1. The second-order valence-corrected chi connectivity index (χ2v) is 13.3. The highest BCUT2D eigenvalue weighted by Crippen LogP contribution is 2.73. The van der Waals surface area contributed by atoms with Gasteiger partial charge in [0.25, 0.3) is 0 Å². The fourth-order valence-electron chi connectivity index (χ4n) is 9.66. The quantitative estimate of drug-likeness (QED) is 0.317. The second kappa shape index (κ2) is 9.30. The highest BCUT2D eigenvalue weighted by atomic mass is 16.6. The molecule has 2 aliphatic heterocycles. The topological polar surface area (TPSA) is 104 Å². The van der Waals surface area contributed by atoms with Crippen molar-refractivity contribution in [2.24, 2.45) is 28.1 Å². The molecule has 0 unspecified atom stereocenters. The van der Waals surface area contributed by atoms with Crippen LogP contribution in [0, 0.1) is 28.1 Å². The van der Waals surface area contributed by atoms with Gasteiger partial charge in [0, 0.05) is 46.5 Å². The zero-order chi connectivity index (χ0) is 28.8. The molecule has 11 atom stereocenters. The molecule has 1 aromatic heterocycles. The standard InChI is InChI=1S/C32H42O8/c1-8-16(2)29(35)40-23-13-22(33)30(4)15-38-26-27(30)31(23,5)21(12-24(34)36-7)32(6)25-17(3)19(18-9-10-37-14-18)11-20(25)39-28(26)32/h8-10,14,19-23,26-28,33H,11-13,15H2,1-7H3/t19-,20+,21+,22-,23+,26-,27+,28-,30-,31-,32+/m1/s1. The molecule has 0 amide bonds. The number of furan rings is 1. The van der Waals surface area contributed by atoms with Crippen molar-refractivity contribution in [3.8, 4) is 0 Å². The molecule has 5 aliphatic rings. The SMILES string of the molecule is CC=C(C)C(=O)O[C@H]1C[C@@H](O)[C@@]2(C)CO[C@H]3[C@H]4O[C@H]5C[C@@H](c6ccoc6)C(C)=C5[C@]4(C)[C@@H](CC(=O)OC)[C@@]1(C)[C@@H]32. The van der Waals surface area contributed by atoms with Crippen LogP contribution in [0.3, 0.4) is 0 Å². The molecule has 4 fully saturated rings. The van der Waals surface area contributed by atoms with Gasteiger partial charge in [0.15, 0.2) is 0 Å². The maximum atomic E-state index is 13.2. The molecule has 3 aliphatic carbocycles. The summed E-state index contributed by atoms with van der Waals surface area (Å²) in [7, 11) is 1.42. The lowest BCUT2D eigenvalue weighted by molar-refractivity contribution is -0.248. The van der Waals surface area contributed by atoms with E-state index in [1.807, 2.05) is 6.07 Å². The summed E-state index contributed by atoms with van der Waals surface area (Å²) in [6.45, 7) is 12.5. The number of methoxy groups -OCH3 is 1. The molecule has 1 aromatic rings. The fraction of sp³-hybridized carbons (Fsp3) is 0.688. The number of rotatable bonds is 5. The molecule has 8 heteroatoms. The van der Waals surface area contributed by atoms with Crippen molar-refractivity contribution < 1.29 is 38.1 Å². The highest BCUT2D eigenvalue weighted by molar-refractivity contribution is 5.87. The van der Waals surface area contributed by atoms with Crippen LogP contribution in [0.4, 0.5) is 0 Å². The molecule has 3 heterocycles. The van der Waals surface area contributed by atoms with Gasteiger partial charge in [-0.1, -0.05) is 32.4 Å². The Morgan fingerprint density at radius 2 is 1.98 bits per heavy atom. The first-order valence-corrected chi connectivity index (χ1v) is 14.5. The molecule has 0 radical (unpaired) electrons. The number of fused-ring (bicyclic) bond motifs is 4. The van der Waals surface area contributed by atoms with Crippen LogP contribution in [0.15, 0.2) is 45.8 Å². The molecule has 0 spiro atoms. The van der Waals surface area contributed by atoms with Gasteiger partial charge in [0.2, 0.25) is 0 Å². The van der Waals surface area contributed by atoms with Gasteiger partial charge in [0.05, 0.1) is 50.7 Å². The lowest BCUT2D eigenvalue weighted by Gasteiger charge is -2.65. The first-order chi connectivity index (χ1) is 18.9. The van der Waals surface area contributed by atoms with Crippen LogP contribution in [-0.4, -0.2) is 61.3 Å². The molecule has 0 bridgehead atoms. The van der Waals surface area contributed by atoms with Crippen molar-refractivity contribution in [3.63, 3.8) is 0 Å². The van der Waals surface area contributed by atoms with E-state index in [-0.39, 0.29) is 54.9 Å². The normalized spacial score (nSPS) is 45.6. The maximum Gasteiger partial charge on any atom is 0.333 e. The van der Waals surface area contributed by atoms with E-state index in [2.05, 4.69) is 27.7 Å². The molecule has 2 saturated heterocycles. The van der Waals surface area contributed by atoms with Gasteiger partial charge in [0.1, 0.15) is 6.10 Å². The van der Waals surface area contributed by atoms with E-state index in [0.29, 0.717) is 12.2 Å². The summed E-state index contributed by atoms with van der Waals surface area (Å²) >= 11 is 0. The first-order valence-electron chi connectivity index (χ1n) is 14.5. The third-order valence-electron chi connectivity index (χ3n) is 11.7. The predicted octanol–water partition coefficient (Wildman–Crippen LogP) is 4.72. The Morgan fingerprint density at radius 3 is 2.62 bits per heavy atom. The van der Waals surface area contributed by atoms with Crippen LogP contribution in [0.1, 0.15) is 72.3 Å². The van der Waals surface area contributed by atoms with Crippen molar-refractivity contribution in [2.75, 3.05) is 13.7 Å². The van der Waals surface area contributed by atoms with E-state index in [1.165, 1.54) is 18.3 Å². The van der Waals surface area contributed by atoms with Crippen LogP contribution in [0.25, 0.3) is 0 Å². The number of hydrogen-bond acceptors (Lipinski definition) is 8. The van der Waals surface area contributed by atoms with E-state index in [4.69, 9.17) is 23.4 Å². The smallest absolute Gasteiger partial charge is 0.333 e.